The van der Waals surface area contributed by atoms with Crippen LogP contribution in [0.1, 0.15) is 37.3 Å². The van der Waals surface area contributed by atoms with E-state index in [0.717, 1.165) is 36.1 Å². The van der Waals surface area contributed by atoms with Crippen LogP contribution >= 0.6 is 0 Å². The number of guanidine groups is 1. The topological polar surface area (TPSA) is 70.7 Å². The Kier molecular flexibility index (Phi) is 6.72. The Morgan fingerprint density at radius 2 is 1.90 bits per heavy atom. The Bertz CT molecular complexity index is 491. The first-order chi connectivity index (χ1) is 10.0. The molecule has 1 aromatic carbocycles. The van der Waals surface area contributed by atoms with Crippen LogP contribution in [-0.2, 0) is 0 Å². The van der Waals surface area contributed by atoms with E-state index in [1.54, 1.807) is 11.9 Å². The average Bonchev–Trinajstić information content (AvgIpc) is 2.45. The fourth-order valence-electron chi connectivity index (χ4n) is 2.30. The molecule has 0 aromatic heterocycles. The molecule has 0 unspecified atom stereocenters. The van der Waals surface area contributed by atoms with Gasteiger partial charge in [0.2, 0.25) is 0 Å². The van der Waals surface area contributed by atoms with Gasteiger partial charge in [0.05, 0.1) is 5.69 Å². The standard InChI is InChI=1S/C16H26N4O/c1-5-6-7-11-20(16(21)19-15(17)18-4)14-12(2)9-8-10-13(14)3/h8-10H,5-7,11H2,1-4H3,(H3,17,18,19,21). The molecule has 116 valence electrons. The molecule has 0 radical (unpaired) electrons. The van der Waals surface area contributed by atoms with Gasteiger partial charge < -0.3 is 5.73 Å². The fourth-order valence-corrected chi connectivity index (χ4v) is 2.30. The molecule has 1 rings (SSSR count). The van der Waals surface area contributed by atoms with Crippen LogP contribution in [-0.4, -0.2) is 25.6 Å². The van der Waals surface area contributed by atoms with Gasteiger partial charge in [-0.15, -0.1) is 0 Å². The van der Waals surface area contributed by atoms with Crippen molar-refractivity contribution in [1.82, 2.24) is 5.32 Å². The lowest BCUT2D eigenvalue weighted by atomic mass is 10.1. The lowest BCUT2D eigenvalue weighted by molar-refractivity contribution is 0.250. The first-order valence-corrected chi connectivity index (χ1v) is 7.38. The van der Waals surface area contributed by atoms with Gasteiger partial charge in [0.25, 0.3) is 0 Å². The number of unbranched alkanes of at least 4 members (excludes halogenated alkanes) is 2. The van der Waals surface area contributed by atoms with Crippen LogP contribution in [0.3, 0.4) is 0 Å². The van der Waals surface area contributed by atoms with E-state index in [2.05, 4.69) is 17.2 Å². The van der Waals surface area contributed by atoms with Crippen LogP contribution in [0, 0.1) is 13.8 Å². The van der Waals surface area contributed by atoms with Crippen molar-refractivity contribution in [1.29, 1.82) is 0 Å². The van der Waals surface area contributed by atoms with E-state index in [4.69, 9.17) is 5.73 Å². The highest BCUT2D eigenvalue weighted by Gasteiger charge is 2.19. The molecule has 2 amide bonds. The van der Waals surface area contributed by atoms with E-state index >= 15 is 0 Å². The number of nitrogens with zero attached hydrogens (tertiary/aromatic N) is 2. The van der Waals surface area contributed by atoms with Crippen molar-refractivity contribution < 1.29 is 4.79 Å². The van der Waals surface area contributed by atoms with Gasteiger partial charge in [-0.2, -0.15) is 0 Å². The molecule has 0 saturated heterocycles. The summed E-state index contributed by atoms with van der Waals surface area (Å²) in [7, 11) is 1.55. The third-order valence-corrected chi connectivity index (χ3v) is 3.42. The van der Waals surface area contributed by atoms with E-state index in [1.165, 1.54) is 0 Å². The van der Waals surface area contributed by atoms with Gasteiger partial charge in [-0.3, -0.25) is 15.2 Å². The Morgan fingerprint density at radius 1 is 1.29 bits per heavy atom. The molecule has 3 N–H and O–H groups in total. The predicted octanol–water partition coefficient (Wildman–Crippen LogP) is 2.95. The number of amides is 2. The minimum atomic E-state index is -0.230. The number of hydrogen-bond donors (Lipinski definition) is 2. The third kappa shape index (κ3) is 4.77. The molecule has 0 bridgehead atoms. The zero-order chi connectivity index (χ0) is 15.8. The summed E-state index contributed by atoms with van der Waals surface area (Å²) < 4.78 is 0. The van der Waals surface area contributed by atoms with Gasteiger partial charge in [0, 0.05) is 13.6 Å². The number of aliphatic imine (C=N–C) groups is 1. The lowest BCUT2D eigenvalue weighted by Crippen LogP contribution is -2.46. The smallest absolute Gasteiger partial charge is 0.328 e. The van der Waals surface area contributed by atoms with Crippen LogP contribution < -0.4 is 16.0 Å². The minimum absolute atomic E-state index is 0.131. The number of benzene rings is 1. The van der Waals surface area contributed by atoms with Gasteiger partial charge in [-0.25, -0.2) is 4.79 Å². The summed E-state index contributed by atoms with van der Waals surface area (Å²) >= 11 is 0. The highest BCUT2D eigenvalue weighted by atomic mass is 16.2. The Hall–Kier alpha value is -2.04. The summed E-state index contributed by atoms with van der Waals surface area (Å²) in [5.41, 5.74) is 8.72. The number of aryl methyl sites for hydroxylation is 2. The molecule has 21 heavy (non-hydrogen) atoms. The molecule has 0 fully saturated rings. The van der Waals surface area contributed by atoms with Gasteiger partial charge in [0.15, 0.2) is 5.96 Å². The van der Waals surface area contributed by atoms with Gasteiger partial charge in [0.1, 0.15) is 0 Å². The van der Waals surface area contributed by atoms with Crippen molar-refractivity contribution in [3.8, 4) is 0 Å². The van der Waals surface area contributed by atoms with Crippen molar-refractivity contribution in [3.63, 3.8) is 0 Å². The summed E-state index contributed by atoms with van der Waals surface area (Å²) in [6, 6.07) is 5.80. The molecule has 0 spiro atoms. The van der Waals surface area contributed by atoms with Crippen molar-refractivity contribution in [2.24, 2.45) is 10.7 Å². The van der Waals surface area contributed by atoms with Gasteiger partial charge >= 0.3 is 6.03 Å². The number of rotatable bonds is 5. The van der Waals surface area contributed by atoms with Crippen LogP contribution in [0.2, 0.25) is 0 Å². The van der Waals surface area contributed by atoms with Crippen LogP contribution in [0.15, 0.2) is 23.2 Å². The number of carbonyl (C=O) groups is 1. The highest BCUT2D eigenvalue weighted by molar-refractivity contribution is 6.03. The summed E-state index contributed by atoms with van der Waals surface area (Å²) in [6.45, 7) is 6.84. The van der Waals surface area contributed by atoms with E-state index in [-0.39, 0.29) is 12.0 Å². The molecule has 0 aliphatic rings. The van der Waals surface area contributed by atoms with Gasteiger partial charge in [-0.1, -0.05) is 38.0 Å². The van der Waals surface area contributed by atoms with E-state index in [1.807, 2.05) is 32.0 Å². The molecule has 5 heteroatoms. The van der Waals surface area contributed by atoms with Crippen molar-refractivity contribution in [2.75, 3.05) is 18.5 Å². The molecule has 0 saturated carbocycles. The van der Waals surface area contributed by atoms with E-state index < -0.39 is 0 Å². The van der Waals surface area contributed by atoms with E-state index in [9.17, 15) is 4.79 Å². The molecular formula is C16H26N4O. The second kappa shape index (κ2) is 8.29. The Morgan fingerprint density at radius 3 is 2.43 bits per heavy atom. The maximum absolute atomic E-state index is 12.5. The molecule has 0 aliphatic carbocycles. The minimum Gasteiger partial charge on any atom is -0.370 e. The van der Waals surface area contributed by atoms with E-state index in [0.29, 0.717) is 6.54 Å². The zero-order valence-electron chi connectivity index (χ0n) is 13.4. The number of hydrogen-bond acceptors (Lipinski definition) is 2. The predicted molar refractivity (Wildman–Crippen MR) is 88.9 cm³/mol. The summed E-state index contributed by atoms with van der Waals surface area (Å²) in [5, 5.41) is 2.62. The lowest BCUT2D eigenvalue weighted by Gasteiger charge is -2.26. The number of para-hydroxylation sites is 1. The molecule has 0 atom stereocenters. The number of carbonyl (C=O) groups excluding carboxylic acids is 1. The molecule has 0 aliphatic heterocycles. The first-order valence-electron chi connectivity index (χ1n) is 7.38. The fraction of sp³-hybridized carbons (Fsp3) is 0.500. The number of anilines is 1. The maximum Gasteiger partial charge on any atom is 0.328 e. The monoisotopic (exact) mass is 290 g/mol. The van der Waals surface area contributed by atoms with Crippen molar-refractivity contribution >= 4 is 17.7 Å². The van der Waals surface area contributed by atoms with Crippen molar-refractivity contribution in [3.05, 3.63) is 29.3 Å². The third-order valence-electron chi connectivity index (χ3n) is 3.42. The highest BCUT2D eigenvalue weighted by Crippen LogP contribution is 2.25. The average molecular weight is 290 g/mol. The number of urea groups is 1. The maximum atomic E-state index is 12.5. The second-order valence-electron chi connectivity index (χ2n) is 5.14. The summed E-state index contributed by atoms with van der Waals surface area (Å²) in [6.07, 6.45) is 3.16. The summed E-state index contributed by atoms with van der Waals surface area (Å²) in [5.74, 6) is 0.131. The van der Waals surface area contributed by atoms with Crippen LogP contribution in [0.25, 0.3) is 0 Å². The first kappa shape index (κ1) is 17.0. The molecular weight excluding hydrogens is 264 g/mol. The number of nitrogens with two attached hydrogens (primary N) is 1. The SMILES string of the molecule is CCCCCN(C(=O)NC(N)=NC)c1c(C)cccc1C. The Balaban J connectivity index is 3.04. The zero-order valence-corrected chi connectivity index (χ0v) is 13.4. The van der Waals surface area contributed by atoms with Gasteiger partial charge in [-0.05, 0) is 31.4 Å². The van der Waals surface area contributed by atoms with Crippen LogP contribution in [0.4, 0.5) is 10.5 Å². The quantitative estimate of drug-likeness (QED) is 0.497. The molecule has 5 nitrogen and oxygen atoms in total. The van der Waals surface area contributed by atoms with Crippen LogP contribution in [0.5, 0.6) is 0 Å². The Labute approximate surface area is 127 Å². The normalized spacial score (nSPS) is 11.3. The largest absolute Gasteiger partial charge is 0.370 e. The molecule has 1 aromatic rings. The number of nitrogens with one attached hydrogen (secondary N) is 1. The van der Waals surface area contributed by atoms with Crippen molar-refractivity contribution in [2.45, 2.75) is 40.0 Å². The molecule has 0 heterocycles. The summed E-state index contributed by atoms with van der Waals surface area (Å²) in [4.78, 5) is 18.0. The second-order valence-corrected chi connectivity index (χ2v) is 5.14.